The molecular formula is C17H17NO3S2. The lowest BCUT2D eigenvalue weighted by Gasteiger charge is -2.05. The van der Waals surface area contributed by atoms with Crippen LogP contribution in [0.25, 0.3) is 10.1 Å². The smallest absolute Gasteiger partial charge is 0.247 e. The average molecular weight is 347 g/mol. The van der Waals surface area contributed by atoms with Gasteiger partial charge in [-0.15, -0.1) is 11.3 Å². The van der Waals surface area contributed by atoms with E-state index in [2.05, 4.69) is 0 Å². The molecule has 3 rings (SSSR count). The summed E-state index contributed by atoms with van der Waals surface area (Å²) in [5, 5.41) is 6.08. The molecule has 1 aromatic heterocycles. The largest absolute Gasteiger partial charge is 0.376 e. The van der Waals surface area contributed by atoms with E-state index in [1.807, 2.05) is 48.5 Å². The van der Waals surface area contributed by atoms with Gasteiger partial charge in [0.15, 0.2) is 0 Å². The first kappa shape index (κ1) is 16.1. The third-order valence-electron chi connectivity index (χ3n) is 3.49. The Hall–Kier alpha value is -1.73. The van der Waals surface area contributed by atoms with Crippen molar-refractivity contribution in [1.29, 1.82) is 0 Å². The quantitative estimate of drug-likeness (QED) is 0.696. The van der Waals surface area contributed by atoms with Crippen molar-refractivity contribution in [2.75, 3.05) is 6.61 Å². The highest BCUT2D eigenvalue weighted by atomic mass is 32.2. The fourth-order valence-corrected chi connectivity index (χ4v) is 4.12. The van der Waals surface area contributed by atoms with E-state index < -0.39 is 10.0 Å². The highest BCUT2D eigenvalue weighted by Gasteiger charge is 2.12. The number of fused-ring (bicyclic) bond motifs is 1. The maximum atomic E-state index is 11.4. The van der Waals surface area contributed by atoms with Crippen molar-refractivity contribution >= 4 is 31.4 Å². The van der Waals surface area contributed by atoms with Crippen LogP contribution in [0, 0.1) is 0 Å². The Balaban J connectivity index is 1.62. The average Bonchev–Trinajstić information content (AvgIpc) is 2.96. The number of sulfonamides is 1. The van der Waals surface area contributed by atoms with Gasteiger partial charge in [-0.25, -0.2) is 13.6 Å². The van der Waals surface area contributed by atoms with Crippen LogP contribution in [0.4, 0.5) is 0 Å². The third-order valence-corrected chi connectivity index (χ3v) is 6.02. The van der Waals surface area contributed by atoms with Gasteiger partial charge in [0, 0.05) is 4.70 Å². The Labute approximate surface area is 139 Å². The first-order valence-electron chi connectivity index (χ1n) is 7.19. The minimum Gasteiger partial charge on any atom is -0.376 e. The van der Waals surface area contributed by atoms with E-state index in [0.717, 1.165) is 27.6 Å². The van der Waals surface area contributed by atoms with Gasteiger partial charge in [-0.1, -0.05) is 42.5 Å². The van der Waals surface area contributed by atoms with E-state index in [1.54, 1.807) is 6.07 Å². The minimum atomic E-state index is -3.64. The molecule has 2 N–H and O–H groups in total. The predicted octanol–water partition coefficient (Wildman–Crippen LogP) is 3.31. The lowest BCUT2D eigenvalue weighted by molar-refractivity contribution is 0.124. The number of thiophene rings is 1. The molecule has 0 aliphatic heterocycles. The van der Waals surface area contributed by atoms with E-state index in [0.29, 0.717) is 13.2 Å². The maximum absolute atomic E-state index is 11.4. The topological polar surface area (TPSA) is 69.4 Å². The summed E-state index contributed by atoms with van der Waals surface area (Å²) in [6.45, 7) is 1.21. The molecule has 0 saturated heterocycles. The van der Waals surface area contributed by atoms with Crippen LogP contribution in [0.2, 0.25) is 0 Å². The number of nitrogens with two attached hydrogens (primary N) is 1. The van der Waals surface area contributed by atoms with Crippen molar-refractivity contribution < 1.29 is 13.2 Å². The summed E-state index contributed by atoms with van der Waals surface area (Å²) < 4.78 is 29.6. The molecule has 0 unspecified atom stereocenters. The second-order valence-electron chi connectivity index (χ2n) is 5.27. The van der Waals surface area contributed by atoms with Crippen LogP contribution >= 0.6 is 11.3 Å². The first-order valence-corrected chi connectivity index (χ1v) is 9.55. The minimum absolute atomic E-state index is 0.199. The van der Waals surface area contributed by atoms with Crippen LogP contribution in [-0.4, -0.2) is 15.0 Å². The van der Waals surface area contributed by atoms with Crippen molar-refractivity contribution in [3.8, 4) is 0 Å². The molecule has 6 heteroatoms. The number of hydrogen-bond donors (Lipinski definition) is 1. The summed E-state index contributed by atoms with van der Waals surface area (Å²) in [4.78, 5) is 0. The SMILES string of the molecule is NS(=O)(=O)c1cc2cc(CCOCc3ccccc3)ccc2s1. The molecule has 0 amide bonds. The summed E-state index contributed by atoms with van der Waals surface area (Å²) in [5.41, 5.74) is 2.27. The van der Waals surface area contributed by atoms with Crippen molar-refractivity contribution in [3.63, 3.8) is 0 Å². The number of benzene rings is 2. The van der Waals surface area contributed by atoms with Gasteiger partial charge in [0.25, 0.3) is 0 Å². The van der Waals surface area contributed by atoms with Crippen LogP contribution in [0.1, 0.15) is 11.1 Å². The Bertz CT molecular complexity index is 902. The highest BCUT2D eigenvalue weighted by Crippen LogP contribution is 2.29. The zero-order chi connectivity index (χ0) is 16.3. The van der Waals surface area contributed by atoms with Crippen LogP contribution in [0.5, 0.6) is 0 Å². The fraction of sp³-hybridized carbons (Fsp3) is 0.176. The van der Waals surface area contributed by atoms with E-state index in [1.165, 1.54) is 11.3 Å². The van der Waals surface area contributed by atoms with Crippen LogP contribution in [-0.2, 0) is 27.8 Å². The van der Waals surface area contributed by atoms with Gasteiger partial charge in [-0.05, 0) is 35.1 Å². The number of rotatable bonds is 6. The second-order valence-corrected chi connectivity index (χ2v) is 8.14. The molecule has 0 fully saturated rings. The standard InChI is InChI=1S/C17H17NO3S2/c18-23(19,20)17-11-15-10-13(6-7-16(15)22-17)8-9-21-12-14-4-2-1-3-5-14/h1-7,10-11H,8-9,12H2,(H2,18,19,20). The van der Waals surface area contributed by atoms with Gasteiger partial charge >= 0.3 is 0 Å². The molecule has 0 atom stereocenters. The maximum Gasteiger partial charge on any atom is 0.247 e. The summed E-state index contributed by atoms with van der Waals surface area (Å²) in [6.07, 6.45) is 0.781. The van der Waals surface area contributed by atoms with Gasteiger partial charge in [0.1, 0.15) is 4.21 Å². The van der Waals surface area contributed by atoms with Crippen molar-refractivity contribution in [2.45, 2.75) is 17.2 Å². The predicted molar refractivity (Wildman–Crippen MR) is 93.0 cm³/mol. The number of primary sulfonamides is 1. The Morgan fingerprint density at radius 3 is 2.52 bits per heavy atom. The molecule has 0 aliphatic rings. The van der Waals surface area contributed by atoms with E-state index in [4.69, 9.17) is 9.88 Å². The number of hydrogen-bond acceptors (Lipinski definition) is 4. The third kappa shape index (κ3) is 4.17. The monoisotopic (exact) mass is 347 g/mol. The molecule has 1 heterocycles. The molecule has 23 heavy (non-hydrogen) atoms. The van der Waals surface area contributed by atoms with Gasteiger partial charge in [-0.2, -0.15) is 0 Å². The fourth-order valence-electron chi connectivity index (χ4n) is 2.32. The molecule has 4 nitrogen and oxygen atoms in total. The van der Waals surface area contributed by atoms with E-state index in [-0.39, 0.29) is 4.21 Å². The van der Waals surface area contributed by atoms with Crippen LogP contribution in [0.3, 0.4) is 0 Å². The summed E-state index contributed by atoms with van der Waals surface area (Å²) >= 11 is 1.19. The molecule has 120 valence electrons. The van der Waals surface area contributed by atoms with Gasteiger partial charge < -0.3 is 4.74 Å². The lowest BCUT2D eigenvalue weighted by Crippen LogP contribution is -2.09. The molecule has 0 spiro atoms. The molecule has 0 saturated carbocycles. The van der Waals surface area contributed by atoms with Gasteiger partial charge in [-0.3, -0.25) is 0 Å². The normalized spacial score (nSPS) is 11.9. The number of ether oxygens (including phenoxy) is 1. The zero-order valence-electron chi connectivity index (χ0n) is 12.4. The molecule has 0 radical (unpaired) electrons. The van der Waals surface area contributed by atoms with Crippen LogP contribution < -0.4 is 5.14 Å². The van der Waals surface area contributed by atoms with Crippen molar-refractivity contribution in [2.24, 2.45) is 5.14 Å². The van der Waals surface area contributed by atoms with Crippen LogP contribution in [0.15, 0.2) is 58.8 Å². The molecule has 0 bridgehead atoms. The summed E-state index contributed by atoms with van der Waals surface area (Å²) in [6, 6.07) is 17.6. The highest BCUT2D eigenvalue weighted by molar-refractivity contribution is 7.91. The molecule has 2 aromatic carbocycles. The van der Waals surface area contributed by atoms with Crippen molar-refractivity contribution in [3.05, 3.63) is 65.7 Å². The Kier molecular flexibility index (Phi) is 4.77. The summed E-state index contributed by atoms with van der Waals surface area (Å²) in [5.74, 6) is 0. The summed E-state index contributed by atoms with van der Waals surface area (Å²) in [7, 11) is -3.64. The van der Waals surface area contributed by atoms with Crippen molar-refractivity contribution in [1.82, 2.24) is 0 Å². The molecular weight excluding hydrogens is 330 g/mol. The van der Waals surface area contributed by atoms with Gasteiger partial charge in [0.05, 0.1) is 13.2 Å². The molecule has 0 aliphatic carbocycles. The molecule has 3 aromatic rings. The lowest BCUT2D eigenvalue weighted by atomic mass is 10.1. The van der Waals surface area contributed by atoms with Gasteiger partial charge in [0.2, 0.25) is 10.0 Å². The second kappa shape index (κ2) is 6.80. The zero-order valence-corrected chi connectivity index (χ0v) is 14.1. The Morgan fingerprint density at radius 2 is 1.78 bits per heavy atom. The Morgan fingerprint density at radius 1 is 1.00 bits per heavy atom. The first-order chi connectivity index (χ1) is 11.0. The van der Waals surface area contributed by atoms with E-state index in [9.17, 15) is 8.42 Å². The van der Waals surface area contributed by atoms with E-state index >= 15 is 0 Å².